The average molecular weight is 344 g/mol. The fraction of sp³-hybridized carbons (Fsp3) is 0.154. The molecule has 2 rings (SSSR count). The van der Waals surface area contributed by atoms with Crippen LogP contribution in [0.4, 0.5) is 4.39 Å². The lowest BCUT2D eigenvalue weighted by Crippen LogP contribution is -2.28. The van der Waals surface area contributed by atoms with Crippen LogP contribution in [0.2, 0.25) is 0 Å². The Balaban J connectivity index is 1.74. The molecular formula is C13H11BrFNO2S. The molecule has 0 unspecified atom stereocenters. The minimum absolute atomic E-state index is 0.0851. The molecule has 0 saturated carbocycles. The first-order chi connectivity index (χ1) is 9.13. The summed E-state index contributed by atoms with van der Waals surface area (Å²) in [6.07, 6.45) is 0. The maximum Gasteiger partial charge on any atom is 0.258 e. The number of hydrogen-bond donors (Lipinski definition) is 1. The Morgan fingerprint density at radius 1 is 1.26 bits per heavy atom. The minimum atomic E-state index is -0.333. The van der Waals surface area contributed by atoms with Gasteiger partial charge in [0.1, 0.15) is 11.6 Å². The van der Waals surface area contributed by atoms with E-state index in [0.29, 0.717) is 12.3 Å². The van der Waals surface area contributed by atoms with Crippen molar-refractivity contribution in [2.45, 2.75) is 6.54 Å². The van der Waals surface area contributed by atoms with Crippen molar-refractivity contribution in [2.75, 3.05) is 6.61 Å². The predicted molar refractivity (Wildman–Crippen MR) is 75.8 cm³/mol. The van der Waals surface area contributed by atoms with Gasteiger partial charge in [0.2, 0.25) is 0 Å². The molecule has 0 saturated heterocycles. The zero-order chi connectivity index (χ0) is 13.7. The maximum atomic E-state index is 12.7. The van der Waals surface area contributed by atoms with E-state index >= 15 is 0 Å². The molecule has 0 aliphatic rings. The van der Waals surface area contributed by atoms with Gasteiger partial charge in [-0.25, -0.2) is 4.39 Å². The molecule has 0 aliphatic carbocycles. The number of benzene rings is 1. The topological polar surface area (TPSA) is 38.3 Å². The second-order valence-corrected chi connectivity index (χ2v) is 6.27. The summed E-state index contributed by atoms with van der Waals surface area (Å²) in [6.45, 7) is 0.389. The van der Waals surface area contributed by atoms with Gasteiger partial charge in [0, 0.05) is 4.88 Å². The Morgan fingerprint density at radius 3 is 2.63 bits per heavy atom. The van der Waals surface area contributed by atoms with Gasteiger partial charge in [-0.05, 0) is 52.3 Å². The number of nitrogens with one attached hydrogen (secondary N) is 1. The molecule has 1 heterocycles. The van der Waals surface area contributed by atoms with Crippen LogP contribution in [-0.2, 0) is 11.3 Å². The molecule has 0 aliphatic heterocycles. The van der Waals surface area contributed by atoms with Gasteiger partial charge in [-0.1, -0.05) is 0 Å². The van der Waals surface area contributed by atoms with E-state index in [4.69, 9.17) is 4.74 Å². The molecule has 6 heteroatoms. The largest absolute Gasteiger partial charge is 0.484 e. The van der Waals surface area contributed by atoms with Gasteiger partial charge in [0.25, 0.3) is 5.91 Å². The minimum Gasteiger partial charge on any atom is -0.484 e. The van der Waals surface area contributed by atoms with Crippen molar-refractivity contribution in [1.82, 2.24) is 5.32 Å². The molecule has 2 aromatic rings. The summed E-state index contributed by atoms with van der Waals surface area (Å²) in [5.74, 6) is -0.0793. The van der Waals surface area contributed by atoms with Crippen LogP contribution in [0.5, 0.6) is 5.75 Å². The summed E-state index contributed by atoms with van der Waals surface area (Å²) in [4.78, 5) is 12.6. The molecule has 1 aromatic heterocycles. The Morgan fingerprint density at radius 2 is 2.00 bits per heavy atom. The van der Waals surface area contributed by atoms with Gasteiger partial charge in [-0.2, -0.15) is 0 Å². The van der Waals surface area contributed by atoms with Crippen LogP contribution in [-0.4, -0.2) is 12.5 Å². The first-order valence-corrected chi connectivity index (χ1v) is 7.14. The molecule has 1 N–H and O–H groups in total. The van der Waals surface area contributed by atoms with Gasteiger partial charge in [0.05, 0.1) is 10.3 Å². The van der Waals surface area contributed by atoms with E-state index in [1.807, 2.05) is 12.1 Å². The lowest BCUT2D eigenvalue weighted by molar-refractivity contribution is -0.123. The Kier molecular flexibility index (Phi) is 4.93. The van der Waals surface area contributed by atoms with Crippen molar-refractivity contribution in [3.63, 3.8) is 0 Å². The molecule has 0 fully saturated rings. The average Bonchev–Trinajstić information content (AvgIpc) is 2.81. The fourth-order valence-electron chi connectivity index (χ4n) is 1.36. The monoisotopic (exact) mass is 343 g/mol. The van der Waals surface area contributed by atoms with Gasteiger partial charge in [-0.3, -0.25) is 4.79 Å². The molecule has 1 amide bonds. The van der Waals surface area contributed by atoms with Crippen LogP contribution < -0.4 is 10.1 Å². The van der Waals surface area contributed by atoms with Crippen LogP contribution in [0.3, 0.4) is 0 Å². The standard InChI is InChI=1S/C13H11BrFNO2S/c14-12-6-5-11(19-12)7-16-13(17)8-18-10-3-1-9(15)2-4-10/h1-6H,7-8H2,(H,16,17). The number of amides is 1. The Hall–Kier alpha value is -1.40. The van der Waals surface area contributed by atoms with E-state index in [-0.39, 0.29) is 18.3 Å². The van der Waals surface area contributed by atoms with Gasteiger partial charge >= 0.3 is 0 Å². The van der Waals surface area contributed by atoms with Crippen molar-refractivity contribution < 1.29 is 13.9 Å². The molecule has 0 spiro atoms. The summed E-state index contributed by atoms with van der Waals surface area (Å²) in [6, 6.07) is 9.42. The first kappa shape index (κ1) is 14.0. The second-order valence-electron chi connectivity index (χ2n) is 3.73. The zero-order valence-corrected chi connectivity index (χ0v) is 12.3. The first-order valence-electron chi connectivity index (χ1n) is 5.53. The third-order valence-electron chi connectivity index (χ3n) is 2.27. The van der Waals surface area contributed by atoms with Crippen molar-refractivity contribution in [3.05, 3.63) is 50.9 Å². The third-order valence-corrected chi connectivity index (χ3v) is 3.90. The molecule has 100 valence electrons. The lowest BCUT2D eigenvalue weighted by Gasteiger charge is -2.06. The second kappa shape index (κ2) is 6.68. The number of hydrogen-bond acceptors (Lipinski definition) is 3. The smallest absolute Gasteiger partial charge is 0.258 e. The van der Waals surface area contributed by atoms with E-state index in [2.05, 4.69) is 21.2 Å². The van der Waals surface area contributed by atoms with Gasteiger partial charge < -0.3 is 10.1 Å². The maximum absolute atomic E-state index is 12.7. The van der Waals surface area contributed by atoms with Crippen LogP contribution in [0, 0.1) is 5.82 Å². The van der Waals surface area contributed by atoms with Crippen molar-refractivity contribution in [3.8, 4) is 5.75 Å². The number of ether oxygens (including phenoxy) is 1. The number of rotatable bonds is 5. The van der Waals surface area contributed by atoms with E-state index < -0.39 is 0 Å². The van der Waals surface area contributed by atoms with E-state index in [9.17, 15) is 9.18 Å². The lowest BCUT2D eigenvalue weighted by atomic mass is 10.3. The molecule has 0 bridgehead atoms. The van der Waals surface area contributed by atoms with Crippen LogP contribution in [0.15, 0.2) is 40.2 Å². The molecule has 1 aromatic carbocycles. The third kappa shape index (κ3) is 4.65. The molecule has 19 heavy (non-hydrogen) atoms. The summed E-state index contributed by atoms with van der Waals surface area (Å²) >= 11 is 4.92. The number of halogens is 2. The normalized spacial score (nSPS) is 10.2. The summed E-state index contributed by atoms with van der Waals surface area (Å²) in [5, 5.41) is 2.75. The molecular weight excluding hydrogens is 333 g/mol. The Labute approximate surface area is 122 Å². The highest BCUT2D eigenvalue weighted by Crippen LogP contribution is 2.21. The molecule has 0 radical (unpaired) electrons. The molecule has 0 atom stereocenters. The highest BCUT2D eigenvalue weighted by molar-refractivity contribution is 9.11. The fourth-order valence-corrected chi connectivity index (χ4v) is 2.79. The quantitative estimate of drug-likeness (QED) is 0.904. The highest BCUT2D eigenvalue weighted by atomic mass is 79.9. The number of carbonyl (C=O) groups excluding carboxylic acids is 1. The van der Waals surface area contributed by atoms with E-state index in [1.54, 1.807) is 11.3 Å². The van der Waals surface area contributed by atoms with Crippen LogP contribution in [0.25, 0.3) is 0 Å². The van der Waals surface area contributed by atoms with Gasteiger partial charge in [0.15, 0.2) is 6.61 Å². The Bertz CT molecular complexity index is 556. The van der Waals surface area contributed by atoms with E-state index in [1.165, 1.54) is 24.3 Å². The van der Waals surface area contributed by atoms with Crippen molar-refractivity contribution >= 4 is 33.2 Å². The highest BCUT2D eigenvalue weighted by Gasteiger charge is 2.04. The van der Waals surface area contributed by atoms with Crippen molar-refractivity contribution in [1.29, 1.82) is 0 Å². The number of carbonyl (C=O) groups is 1. The van der Waals surface area contributed by atoms with Gasteiger partial charge in [-0.15, -0.1) is 11.3 Å². The molecule has 3 nitrogen and oxygen atoms in total. The zero-order valence-electron chi connectivity index (χ0n) is 9.86. The summed E-state index contributed by atoms with van der Waals surface area (Å²) in [5.41, 5.74) is 0. The SMILES string of the molecule is O=C(COc1ccc(F)cc1)NCc1ccc(Br)s1. The summed E-state index contributed by atoms with van der Waals surface area (Å²) in [7, 11) is 0. The predicted octanol–water partition coefficient (Wildman–Crippen LogP) is 3.34. The number of thiophene rings is 1. The van der Waals surface area contributed by atoms with Crippen LogP contribution in [0.1, 0.15) is 4.88 Å². The van der Waals surface area contributed by atoms with Crippen LogP contribution >= 0.6 is 27.3 Å². The summed E-state index contributed by atoms with van der Waals surface area (Å²) < 4.78 is 18.9. The van der Waals surface area contributed by atoms with Crippen molar-refractivity contribution in [2.24, 2.45) is 0 Å². The van der Waals surface area contributed by atoms with E-state index in [0.717, 1.165) is 8.66 Å².